The number of fused-ring (bicyclic) bond motifs is 2. The molecular weight excluding hydrogens is 414 g/mol. The van der Waals surface area contributed by atoms with Gasteiger partial charge in [0.2, 0.25) is 5.89 Å². The monoisotopic (exact) mass is 439 g/mol. The average molecular weight is 440 g/mol. The third kappa shape index (κ3) is 3.89. The van der Waals surface area contributed by atoms with Gasteiger partial charge in [-0.1, -0.05) is 38.1 Å². The van der Waals surface area contributed by atoms with Crippen LogP contribution in [-0.4, -0.2) is 27.6 Å². The Morgan fingerprint density at radius 3 is 2.58 bits per heavy atom. The fourth-order valence-corrected chi connectivity index (χ4v) is 4.02. The molecule has 6 nitrogen and oxygen atoms in total. The second kappa shape index (κ2) is 8.54. The van der Waals surface area contributed by atoms with Crippen LogP contribution in [0.3, 0.4) is 0 Å². The van der Waals surface area contributed by atoms with E-state index in [0.717, 1.165) is 46.5 Å². The number of rotatable bonds is 6. The van der Waals surface area contributed by atoms with E-state index in [4.69, 9.17) is 19.1 Å². The molecule has 0 amide bonds. The molecule has 0 atom stereocenters. The van der Waals surface area contributed by atoms with Crippen molar-refractivity contribution in [2.75, 3.05) is 7.11 Å². The summed E-state index contributed by atoms with van der Waals surface area (Å²) in [5.41, 5.74) is 5.48. The highest BCUT2D eigenvalue weighted by Gasteiger charge is 2.20. The summed E-state index contributed by atoms with van der Waals surface area (Å²) < 4.78 is 13.4. The second-order valence-corrected chi connectivity index (χ2v) is 8.50. The Balaban J connectivity index is 1.70. The van der Waals surface area contributed by atoms with Crippen molar-refractivity contribution in [1.29, 1.82) is 0 Å². The summed E-state index contributed by atoms with van der Waals surface area (Å²) in [6, 6.07) is 21.3. The summed E-state index contributed by atoms with van der Waals surface area (Å²) in [6.45, 7) is 5.21. The zero-order valence-corrected chi connectivity index (χ0v) is 18.9. The standard InChI is InChI=1S/C27H25N3O3/c1-17(2)14-15-30-23-13-12-19(27(31)32-3)16-22(23)28-25(30)20-10-7-11-21-24(20)33-26(29-21)18-8-5-4-6-9-18/h4-13,16-17H,14-15H2,1-3H3. The first kappa shape index (κ1) is 20.9. The number of aromatic nitrogens is 3. The predicted molar refractivity (Wildman–Crippen MR) is 129 cm³/mol. The van der Waals surface area contributed by atoms with E-state index in [1.807, 2.05) is 54.6 Å². The third-order valence-corrected chi connectivity index (χ3v) is 5.78. The number of carbonyl (C=O) groups excluding carboxylic acids is 1. The molecule has 6 heteroatoms. The number of esters is 1. The van der Waals surface area contributed by atoms with Crippen molar-refractivity contribution in [3.63, 3.8) is 0 Å². The van der Waals surface area contributed by atoms with Gasteiger partial charge in [0.25, 0.3) is 0 Å². The molecule has 2 heterocycles. The lowest BCUT2D eigenvalue weighted by molar-refractivity contribution is 0.0601. The summed E-state index contributed by atoms with van der Waals surface area (Å²) in [4.78, 5) is 21.7. The van der Waals surface area contributed by atoms with Crippen molar-refractivity contribution in [3.8, 4) is 22.8 Å². The quantitative estimate of drug-likeness (QED) is 0.289. The topological polar surface area (TPSA) is 70.2 Å². The lowest BCUT2D eigenvalue weighted by Crippen LogP contribution is -2.04. The lowest BCUT2D eigenvalue weighted by Gasteiger charge is -2.11. The first-order valence-corrected chi connectivity index (χ1v) is 11.1. The smallest absolute Gasteiger partial charge is 0.337 e. The number of benzene rings is 3. The van der Waals surface area contributed by atoms with Crippen molar-refractivity contribution in [1.82, 2.24) is 14.5 Å². The number of para-hydroxylation sites is 1. The van der Waals surface area contributed by atoms with Crippen molar-refractivity contribution in [3.05, 3.63) is 72.3 Å². The van der Waals surface area contributed by atoms with Crippen LogP contribution in [0.2, 0.25) is 0 Å². The molecule has 0 aliphatic rings. The van der Waals surface area contributed by atoms with E-state index < -0.39 is 0 Å². The number of methoxy groups -OCH3 is 1. The molecule has 2 aromatic heterocycles. The first-order chi connectivity index (χ1) is 16.0. The van der Waals surface area contributed by atoms with Gasteiger partial charge in [0.15, 0.2) is 5.58 Å². The van der Waals surface area contributed by atoms with Crippen LogP contribution in [0.15, 0.2) is 71.1 Å². The van der Waals surface area contributed by atoms with E-state index in [1.165, 1.54) is 7.11 Å². The van der Waals surface area contributed by atoms with E-state index in [9.17, 15) is 4.79 Å². The molecule has 5 aromatic rings. The van der Waals surface area contributed by atoms with Crippen LogP contribution in [0.25, 0.3) is 45.0 Å². The minimum Gasteiger partial charge on any atom is -0.465 e. The van der Waals surface area contributed by atoms with Crippen molar-refractivity contribution < 1.29 is 13.9 Å². The minimum atomic E-state index is -0.375. The minimum absolute atomic E-state index is 0.375. The van der Waals surface area contributed by atoms with Gasteiger partial charge in [0.1, 0.15) is 11.3 Å². The van der Waals surface area contributed by atoms with Gasteiger partial charge in [-0.25, -0.2) is 14.8 Å². The van der Waals surface area contributed by atoms with Gasteiger partial charge in [-0.05, 0) is 54.8 Å². The number of hydrogen-bond acceptors (Lipinski definition) is 5. The van der Waals surface area contributed by atoms with Gasteiger partial charge in [-0.2, -0.15) is 0 Å². The zero-order valence-electron chi connectivity index (χ0n) is 18.9. The van der Waals surface area contributed by atoms with Gasteiger partial charge in [0.05, 0.1) is 29.3 Å². The van der Waals surface area contributed by atoms with Crippen LogP contribution in [-0.2, 0) is 11.3 Å². The number of nitrogens with zero attached hydrogens (tertiary/aromatic N) is 3. The Morgan fingerprint density at radius 2 is 1.82 bits per heavy atom. The maximum absolute atomic E-state index is 12.1. The SMILES string of the molecule is COC(=O)c1ccc2c(c1)nc(-c1cccc3nc(-c4ccccc4)oc13)n2CCC(C)C. The molecule has 0 bridgehead atoms. The summed E-state index contributed by atoms with van der Waals surface area (Å²) in [6.07, 6.45) is 0.999. The molecule has 0 N–H and O–H groups in total. The van der Waals surface area contributed by atoms with E-state index in [0.29, 0.717) is 23.0 Å². The second-order valence-electron chi connectivity index (χ2n) is 8.50. The predicted octanol–water partition coefficient (Wildman–Crippen LogP) is 6.34. The molecule has 33 heavy (non-hydrogen) atoms. The zero-order chi connectivity index (χ0) is 22.9. The van der Waals surface area contributed by atoms with E-state index in [-0.39, 0.29) is 5.97 Å². The molecule has 0 saturated carbocycles. The number of aryl methyl sites for hydroxylation is 1. The van der Waals surface area contributed by atoms with Crippen LogP contribution in [0.5, 0.6) is 0 Å². The van der Waals surface area contributed by atoms with Crippen LogP contribution >= 0.6 is 0 Å². The molecule has 0 aliphatic carbocycles. The molecule has 0 aliphatic heterocycles. The molecule has 0 spiro atoms. The first-order valence-electron chi connectivity index (χ1n) is 11.1. The number of imidazole rings is 1. The number of ether oxygens (including phenoxy) is 1. The summed E-state index contributed by atoms with van der Waals surface area (Å²) in [5, 5.41) is 0. The van der Waals surface area contributed by atoms with E-state index in [1.54, 1.807) is 12.1 Å². The molecule has 0 radical (unpaired) electrons. The Kier molecular flexibility index (Phi) is 5.42. The van der Waals surface area contributed by atoms with Crippen molar-refractivity contribution in [2.24, 2.45) is 5.92 Å². The fraction of sp³-hybridized carbons (Fsp3) is 0.222. The van der Waals surface area contributed by atoms with Crippen LogP contribution in [0.1, 0.15) is 30.6 Å². The van der Waals surface area contributed by atoms with Crippen LogP contribution in [0, 0.1) is 5.92 Å². The van der Waals surface area contributed by atoms with E-state index >= 15 is 0 Å². The highest BCUT2D eigenvalue weighted by atomic mass is 16.5. The Morgan fingerprint density at radius 1 is 1.00 bits per heavy atom. The Hall–Kier alpha value is -3.93. The van der Waals surface area contributed by atoms with Gasteiger partial charge in [-0.15, -0.1) is 0 Å². The number of oxazole rings is 1. The molecule has 3 aromatic carbocycles. The van der Waals surface area contributed by atoms with Crippen LogP contribution < -0.4 is 0 Å². The highest BCUT2D eigenvalue weighted by Crippen LogP contribution is 2.34. The maximum atomic E-state index is 12.1. The third-order valence-electron chi connectivity index (χ3n) is 5.78. The summed E-state index contributed by atoms with van der Waals surface area (Å²) >= 11 is 0. The molecule has 0 unspecified atom stereocenters. The Labute approximate surface area is 191 Å². The van der Waals surface area contributed by atoms with Crippen molar-refractivity contribution in [2.45, 2.75) is 26.8 Å². The lowest BCUT2D eigenvalue weighted by atomic mass is 10.1. The van der Waals surface area contributed by atoms with Gasteiger partial charge >= 0.3 is 5.97 Å². The van der Waals surface area contributed by atoms with Gasteiger partial charge in [0, 0.05) is 12.1 Å². The van der Waals surface area contributed by atoms with Gasteiger partial charge in [-0.3, -0.25) is 0 Å². The molecule has 0 fully saturated rings. The maximum Gasteiger partial charge on any atom is 0.337 e. The van der Waals surface area contributed by atoms with Crippen molar-refractivity contribution >= 4 is 28.1 Å². The van der Waals surface area contributed by atoms with E-state index in [2.05, 4.69) is 18.4 Å². The summed E-state index contributed by atoms with van der Waals surface area (Å²) in [7, 11) is 1.38. The highest BCUT2D eigenvalue weighted by molar-refractivity contribution is 5.96. The fourth-order valence-electron chi connectivity index (χ4n) is 4.02. The summed E-state index contributed by atoms with van der Waals surface area (Å²) in [5.74, 6) is 1.54. The molecular formula is C27H25N3O3. The molecule has 5 rings (SSSR count). The average Bonchev–Trinajstić information content (AvgIpc) is 3.43. The number of hydrogen-bond donors (Lipinski definition) is 0. The number of carbonyl (C=O) groups is 1. The largest absolute Gasteiger partial charge is 0.465 e. The Bertz CT molecular complexity index is 1450. The van der Waals surface area contributed by atoms with Crippen LogP contribution in [0.4, 0.5) is 0 Å². The molecule has 0 saturated heterocycles. The molecule has 166 valence electrons. The van der Waals surface area contributed by atoms with Gasteiger partial charge < -0.3 is 13.7 Å². The normalized spacial score (nSPS) is 11.5.